The summed E-state index contributed by atoms with van der Waals surface area (Å²) in [5, 5.41) is 19.4. The third-order valence-electron chi connectivity index (χ3n) is 6.84. The normalized spacial score (nSPS) is 26.6. The zero-order chi connectivity index (χ0) is 34.4. The Bertz CT molecular complexity index is 1230. The first kappa shape index (κ1) is 37.2. The van der Waals surface area contributed by atoms with Gasteiger partial charge in [-0.05, 0) is 32.7 Å². The number of nitrogens with two attached hydrogens (primary N) is 5. The fraction of sp³-hybridized carbons (Fsp3) is 0.600. The van der Waals surface area contributed by atoms with E-state index in [4.69, 9.17) is 28.7 Å². The van der Waals surface area contributed by atoms with Crippen LogP contribution in [0.5, 0.6) is 0 Å². The second kappa shape index (κ2) is 18.1. The number of hydrogen-bond donors (Lipinski definition) is 13. The Morgan fingerprint density at radius 3 is 2.41 bits per heavy atom. The molecular formula is C25H44N14O7. The van der Waals surface area contributed by atoms with Gasteiger partial charge in [-0.2, -0.15) is 0 Å². The predicted octanol–water partition coefficient (Wildman–Crippen LogP) is -7.21. The minimum atomic E-state index is -1.52. The van der Waals surface area contributed by atoms with Gasteiger partial charge in [0.1, 0.15) is 29.9 Å². The maximum atomic E-state index is 13.4. The van der Waals surface area contributed by atoms with Crippen molar-refractivity contribution in [1.82, 2.24) is 42.5 Å². The largest absolute Gasteiger partial charge is 0.370 e. The van der Waals surface area contributed by atoms with Crippen LogP contribution in [-0.2, 0) is 28.8 Å². The van der Waals surface area contributed by atoms with E-state index in [1.54, 1.807) is 0 Å². The van der Waals surface area contributed by atoms with Gasteiger partial charge in [0.2, 0.25) is 29.5 Å². The number of guanidine groups is 1. The van der Waals surface area contributed by atoms with Gasteiger partial charge in [0.05, 0.1) is 6.04 Å². The van der Waals surface area contributed by atoms with Crippen molar-refractivity contribution in [2.24, 2.45) is 33.7 Å². The fourth-order valence-corrected chi connectivity index (χ4v) is 4.28. The van der Waals surface area contributed by atoms with Crippen LogP contribution in [0.2, 0.25) is 0 Å². The smallest absolute Gasteiger partial charge is 0.316 e. The van der Waals surface area contributed by atoms with Crippen molar-refractivity contribution >= 4 is 47.4 Å². The molecule has 0 radical (unpaired) electrons. The van der Waals surface area contributed by atoms with Crippen molar-refractivity contribution in [1.29, 1.82) is 0 Å². The number of hydrogen-bond acceptors (Lipinski definition) is 13. The van der Waals surface area contributed by atoms with Crippen molar-refractivity contribution in [3.05, 3.63) is 11.9 Å². The molecule has 2 rings (SSSR count). The van der Waals surface area contributed by atoms with Crippen LogP contribution in [0.3, 0.4) is 0 Å². The van der Waals surface area contributed by atoms with Gasteiger partial charge in [-0.1, -0.05) is 0 Å². The van der Waals surface area contributed by atoms with Crippen LogP contribution >= 0.6 is 0 Å². The van der Waals surface area contributed by atoms with Gasteiger partial charge in [-0.3, -0.25) is 33.8 Å². The van der Waals surface area contributed by atoms with Gasteiger partial charge >= 0.3 is 6.03 Å². The number of rotatable bonds is 9. The second-order valence-electron chi connectivity index (χ2n) is 10.7. The number of urea groups is 1. The molecule has 0 aromatic carbocycles. The third kappa shape index (κ3) is 12.2. The molecule has 21 heteroatoms. The van der Waals surface area contributed by atoms with Crippen LogP contribution in [0.1, 0.15) is 32.6 Å². The number of primary amides is 1. The predicted molar refractivity (Wildman–Crippen MR) is 163 cm³/mol. The first-order valence-corrected chi connectivity index (χ1v) is 14.5. The molecular weight excluding hydrogens is 608 g/mol. The molecule has 0 unspecified atom stereocenters. The van der Waals surface area contributed by atoms with Crippen LogP contribution in [0, 0.1) is 0 Å². The highest BCUT2D eigenvalue weighted by molar-refractivity contribution is 6.02. The molecule has 0 spiro atoms. The quantitative estimate of drug-likeness (QED) is 0.103. The molecule has 1 fully saturated rings. The van der Waals surface area contributed by atoms with Crippen LogP contribution in [0.25, 0.3) is 0 Å². The molecule has 0 bridgehead atoms. The summed E-state index contributed by atoms with van der Waals surface area (Å²) in [5.74, 6) is -5.04. The highest BCUT2D eigenvalue weighted by Gasteiger charge is 2.34. The molecule has 0 aromatic heterocycles. The Kier molecular flexibility index (Phi) is 14.6. The summed E-state index contributed by atoms with van der Waals surface area (Å²) in [4.78, 5) is 93.7. The van der Waals surface area contributed by atoms with Gasteiger partial charge in [-0.15, -0.1) is 0 Å². The van der Waals surface area contributed by atoms with E-state index in [0.29, 0.717) is 19.4 Å². The van der Waals surface area contributed by atoms with E-state index in [1.165, 1.54) is 6.92 Å². The Morgan fingerprint density at radius 1 is 1.04 bits per heavy atom. The fourth-order valence-electron chi connectivity index (χ4n) is 4.28. The summed E-state index contributed by atoms with van der Waals surface area (Å²) in [6, 6.07) is -7.79. The molecule has 256 valence electrons. The summed E-state index contributed by atoms with van der Waals surface area (Å²) in [5.41, 5.74) is 27.7. The maximum Gasteiger partial charge on any atom is 0.316 e. The Morgan fingerprint density at radius 2 is 1.76 bits per heavy atom. The Labute approximate surface area is 264 Å². The van der Waals surface area contributed by atoms with Gasteiger partial charge in [0.15, 0.2) is 5.96 Å². The van der Waals surface area contributed by atoms with E-state index in [-0.39, 0.29) is 31.9 Å². The lowest BCUT2D eigenvalue weighted by molar-refractivity contribution is -0.133. The molecule has 8 amide bonds. The van der Waals surface area contributed by atoms with Gasteiger partial charge < -0.3 is 71.2 Å². The lowest BCUT2D eigenvalue weighted by Gasteiger charge is -2.31. The van der Waals surface area contributed by atoms with E-state index in [0.717, 1.165) is 6.20 Å². The molecule has 1 saturated heterocycles. The number of aliphatic imine (C=N–C) groups is 1. The van der Waals surface area contributed by atoms with E-state index in [9.17, 15) is 33.6 Å². The summed E-state index contributed by atoms with van der Waals surface area (Å²) in [7, 11) is 0. The zero-order valence-electron chi connectivity index (χ0n) is 25.4. The van der Waals surface area contributed by atoms with E-state index < -0.39 is 90.0 Å². The number of carbonyl (C=O) groups is 7. The van der Waals surface area contributed by atoms with Gasteiger partial charge in [0, 0.05) is 38.3 Å². The second-order valence-corrected chi connectivity index (χ2v) is 10.7. The molecule has 0 aliphatic carbocycles. The minimum absolute atomic E-state index is 0.0101. The first-order chi connectivity index (χ1) is 21.7. The lowest BCUT2D eigenvalue weighted by Crippen LogP contribution is -2.63. The molecule has 2 heterocycles. The molecule has 18 N–H and O–H groups in total. The molecule has 6 atom stereocenters. The Balaban J connectivity index is 2.42. The maximum absolute atomic E-state index is 13.4. The first-order valence-electron chi connectivity index (χ1n) is 14.5. The van der Waals surface area contributed by atoms with Gasteiger partial charge in [-0.25, -0.2) is 4.79 Å². The highest BCUT2D eigenvalue weighted by atomic mass is 16.2. The summed E-state index contributed by atoms with van der Waals surface area (Å²) < 4.78 is 0. The van der Waals surface area contributed by atoms with Crippen LogP contribution in [0.15, 0.2) is 16.9 Å². The van der Waals surface area contributed by atoms with Crippen LogP contribution in [-0.4, -0.2) is 110 Å². The van der Waals surface area contributed by atoms with Crippen molar-refractivity contribution in [2.75, 3.05) is 26.2 Å². The molecule has 21 nitrogen and oxygen atoms in total. The third-order valence-corrected chi connectivity index (χ3v) is 6.84. The molecule has 0 aromatic rings. The van der Waals surface area contributed by atoms with Crippen LogP contribution < -0.4 is 71.2 Å². The zero-order valence-corrected chi connectivity index (χ0v) is 25.4. The van der Waals surface area contributed by atoms with Crippen molar-refractivity contribution in [3.63, 3.8) is 0 Å². The molecule has 2 aliphatic rings. The number of carbonyl (C=O) groups excluding carboxylic acids is 7. The minimum Gasteiger partial charge on any atom is -0.370 e. The molecule has 0 saturated carbocycles. The standard InChI is InChI=1S/C25H44N14O7/c1-11-19(41)36-15(9-32-17(40)7-12(27)3-2-5-26)21(43)37-16(10-34-25(30)46)22(44)39-18(14-4-6-31-24(29)38-14)23(45)33-8-13(28)20(42)35-11/h10-15,18H,2-9,26-28H2,1H3,(H,32,40)(H,33,45)(H,35,42)(H,36,41)(H,37,43)(H,39,44)(H3,29,31,38)(H3,30,34,46)/b16-10+/t11-,12+,13+,14-,15-,18-/m0/s1. The number of nitrogens with one attached hydrogen (secondary N) is 8. The highest BCUT2D eigenvalue weighted by Crippen LogP contribution is 2.07. The average molecular weight is 653 g/mol. The van der Waals surface area contributed by atoms with Crippen molar-refractivity contribution in [3.8, 4) is 0 Å². The van der Waals surface area contributed by atoms with Crippen molar-refractivity contribution in [2.45, 2.75) is 68.9 Å². The average Bonchev–Trinajstić information content (AvgIpc) is 3.00. The van der Waals surface area contributed by atoms with Gasteiger partial charge in [0.25, 0.3) is 5.91 Å². The summed E-state index contributed by atoms with van der Waals surface area (Å²) in [6.07, 6.45) is 2.01. The molecule has 46 heavy (non-hydrogen) atoms. The van der Waals surface area contributed by atoms with E-state index in [2.05, 4.69) is 47.5 Å². The monoisotopic (exact) mass is 652 g/mol. The number of amides is 8. The van der Waals surface area contributed by atoms with Crippen molar-refractivity contribution < 1.29 is 33.6 Å². The Hall–Kier alpha value is -5.02. The van der Waals surface area contributed by atoms with Crippen LogP contribution in [0.4, 0.5) is 4.79 Å². The topological polar surface area (TPSA) is 358 Å². The van der Waals surface area contributed by atoms with E-state index in [1.807, 2.05) is 0 Å². The number of nitrogens with zero attached hydrogens (tertiary/aromatic N) is 1. The van der Waals surface area contributed by atoms with E-state index >= 15 is 0 Å². The molecule has 2 aliphatic heterocycles. The SMILES string of the molecule is C[C@@H]1NC(=O)[C@H](N)CNC(=O)[C@H]([C@@H]2CCN=C(N)N2)NC(=O)/C(=C\NC(N)=O)NC(=O)[C@H](CNC(=O)C[C@H](N)CCCN)NC1=O. The summed E-state index contributed by atoms with van der Waals surface area (Å²) in [6.45, 7) is 1.08. The lowest BCUT2D eigenvalue weighted by atomic mass is 10.0. The summed E-state index contributed by atoms with van der Waals surface area (Å²) >= 11 is 0.